The first-order chi connectivity index (χ1) is 14.7. The third kappa shape index (κ3) is 4.11. The highest BCUT2D eigenvalue weighted by Crippen LogP contribution is 2.30. The number of nitrogens with zero attached hydrogens (tertiary/aromatic N) is 1. The van der Waals surface area contributed by atoms with E-state index in [1.54, 1.807) is 13.3 Å². The van der Waals surface area contributed by atoms with Gasteiger partial charge in [0.05, 0.1) is 13.2 Å². The lowest BCUT2D eigenvalue weighted by atomic mass is 9.95. The highest BCUT2D eigenvalue weighted by atomic mass is 32.1. The van der Waals surface area contributed by atoms with E-state index in [1.807, 2.05) is 48.5 Å². The summed E-state index contributed by atoms with van der Waals surface area (Å²) >= 11 is 5.71. The molecule has 30 heavy (non-hydrogen) atoms. The van der Waals surface area contributed by atoms with Gasteiger partial charge in [0, 0.05) is 17.3 Å². The first-order valence-corrected chi connectivity index (χ1v) is 10.2. The highest BCUT2D eigenvalue weighted by Gasteiger charge is 2.17. The summed E-state index contributed by atoms with van der Waals surface area (Å²) < 4.78 is 5.44. The third-order valence-electron chi connectivity index (χ3n) is 5.11. The Morgan fingerprint density at radius 3 is 2.47 bits per heavy atom. The molecule has 5 heteroatoms. The molecular weight excluding hydrogens is 390 g/mol. The zero-order valence-corrected chi connectivity index (χ0v) is 17.7. The summed E-state index contributed by atoms with van der Waals surface area (Å²) in [6.45, 7) is 2.12. The minimum Gasteiger partial charge on any atom is -0.494 e. The fourth-order valence-corrected chi connectivity index (χ4v) is 3.83. The predicted molar refractivity (Wildman–Crippen MR) is 127 cm³/mol. The molecule has 2 N–H and O–H groups in total. The van der Waals surface area contributed by atoms with Gasteiger partial charge in [-0.05, 0) is 60.1 Å². The Morgan fingerprint density at radius 1 is 0.933 bits per heavy atom. The van der Waals surface area contributed by atoms with E-state index in [-0.39, 0.29) is 6.04 Å². The van der Waals surface area contributed by atoms with Gasteiger partial charge in [0.1, 0.15) is 11.3 Å². The summed E-state index contributed by atoms with van der Waals surface area (Å²) in [4.78, 5) is 4.46. The molecule has 0 aliphatic carbocycles. The molecule has 0 unspecified atom stereocenters. The summed E-state index contributed by atoms with van der Waals surface area (Å²) in [7, 11) is 1.65. The smallest absolute Gasteiger partial charge is 0.171 e. The van der Waals surface area contributed by atoms with Gasteiger partial charge in [-0.2, -0.15) is 0 Å². The van der Waals surface area contributed by atoms with Crippen molar-refractivity contribution in [3.8, 4) is 5.75 Å². The van der Waals surface area contributed by atoms with Gasteiger partial charge in [-0.25, -0.2) is 0 Å². The third-order valence-corrected chi connectivity index (χ3v) is 5.33. The van der Waals surface area contributed by atoms with Crippen molar-refractivity contribution in [3.63, 3.8) is 0 Å². The maximum Gasteiger partial charge on any atom is 0.171 e. The second-order valence-corrected chi connectivity index (χ2v) is 7.42. The fraction of sp³-hybridized carbons (Fsp3) is 0.120. The van der Waals surface area contributed by atoms with E-state index < -0.39 is 0 Å². The lowest BCUT2D eigenvalue weighted by molar-refractivity contribution is 0.419. The monoisotopic (exact) mass is 413 g/mol. The largest absolute Gasteiger partial charge is 0.494 e. The Kier molecular flexibility index (Phi) is 5.91. The van der Waals surface area contributed by atoms with E-state index in [9.17, 15) is 0 Å². The first-order valence-electron chi connectivity index (χ1n) is 9.77. The van der Waals surface area contributed by atoms with Crippen molar-refractivity contribution in [1.82, 2.24) is 10.3 Å². The average Bonchev–Trinajstić information content (AvgIpc) is 2.79. The predicted octanol–water partition coefficient (Wildman–Crippen LogP) is 5.63. The maximum absolute atomic E-state index is 5.71. The molecule has 1 aromatic heterocycles. The van der Waals surface area contributed by atoms with Crippen molar-refractivity contribution >= 4 is 33.9 Å². The first kappa shape index (κ1) is 19.9. The molecule has 4 rings (SSSR count). The van der Waals surface area contributed by atoms with Gasteiger partial charge in [-0.15, -0.1) is 0 Å². The Bertz CT molecular complexity index is 1180. The Balaban J connectivity index is 1.65. The lowest BCUT2D eigenvalue weighted by Gasteiger charge is -2.24. The topological polar surface area (TPSA) is 46.2 Å². The van der Waals surface area contributed by atoms with E-state index in [0.29, 0.717) is 5.11 Å². The number of hydrogen-bond acceptors (Lipinski definition) is 3. The van der Waals surface area contributed by atoms with Gasteiger partial charge in [0.25, 0.3) is 0 Å². The normalized spacial score (nSPS) is 11.7. The van der Waals surface area contributed by atoms with Gasteiger partial charge in [0.2, 0.25) is 0 Å². The van der Waals surface area contributed by atoms with Gasteiger partial charge in [0.15, 0.2) is 5.11 Å². The van der Waals surface area contributed by atoms with Crippen LogP contribution in [-0.2, 0) is 0 Å². The van der Waals surface area contributed by atoms with Crippen LogP contribution in [0, 0.1) is 6.92 Å². The van der Waals surface area contributed by atoms with Crippen molar-refractivity contribution in [1.29, 1.82) is 0 Å². The van der Waals surface area contributed by atoms with Crippen LogP contribution < -0.4 is 15.4 Å². The Hall–Kier alpha value is -3.44. The second kappa shape index (κ2) is 8.93. The zero-order valence-electron chi connectivity index (χ0n) is 16.9. The molecule has 0 aliphatic rings. The number of methoxy groups -OCH3 is 1. The van der Waals surface area contributed by atoms with Crippen LogP contribution >= 0.6 is 12.2 Å². The summed E-state index contributed by atoms with van der Waals surface area (Å²) in [6.07, 6.45) is 1.76. The van der Waals surface area contributed by atoms with Crippen molar-refractivity contribution in [2.24, 2.45) is 0 Å². The van der Waals surface area contributed by atoms with Crippen molar-refractivity contribution in [2.45, 2.75) is 13.0 Å². The molecule has 0 saturated heterocycles. The minimum atomic E-state index is -0.0602. The van der Waals surface area contributed by atoms with Crippen LogP contribution in [0.1, 0.15) is 22.7 Å². The number of benzene rings is 3. The van der Waals surface area contributed by atoms with Crippen LogP contribution in [0.3, 0.4) is 0 Å². The molecule has 0 saturated carbocycles. The summed E-state index contributed by atoms with van der Waals surface area (Å²) in [6, 6.07) is 26.4. The molecule has 3 aromatic carbocycles. The Morgan fingerprint density at radius 2 is 1.70 bits per heavy atom. The van der Waals surface area contributed by atoms with Crippen LogP contribution in [0.2, 0.25) is 0 Å². The number of fused-ring (bicyclic) bond motifs is 1. The van der Waals surface area contributed by atoms with Crippen LogP contribution in [0.15, 0.2) is 85.1 Å². The van der Waals surface area contributed by atoms with E-state index in [2.05, 4.69) is 52.9 Å². The van der Waals surface area contributed by atoms with Crippen LogP contribution in [-0.4, -0.2) is 17.2 Å². The molecule has 4 nitrogen and oxygen atoms in total. The number of aromatic nitrogens is 1. The molecule has 150 valence electrons. The van der Waals surface area contributed by atoms with E-state index in [0.717, 1.165) is 27.9 Å². The van der Waals surface area contributed by atoms with Crippen molar-refractivity contribution in [2.75, 3.05) is 12.4 Å². The molecular formula is C25H23N3OS. The number of hydrogen-bond donors (Lipinski definition) is 2. The van der Waals surface area contributed by atoms with Gasteiger partial charge >= 0.3 is 0 Å². The van der Waals surface area contributed by atoms with Gasteiger partial charge in [-0.3, -0.25) is 4.98 Å². The number of ether oxygens (including phenoxy) is 1. The maximum atomic E-state index is 5.71. The molecule has 0 spiro atoms. The number of pyridine rings is 1. The molecule has 0 aliphatic heterocycles. The van der Waals surface area contributed by atoms with Crippen molar-refractivity contribution in [3.05, 3.63) is 102 Å². The molecule has 1 atom stereocenters. The molecule has 1 heterocycles. The number of thiocarbonyl (C=S) groups is 1. The number of aryl methyl sites for hydroxylation is 1. The Labute approximate surface area is 181 Å². The van der Waals surface area contributed by atoms with Crippen LogP contribution in [0.4, 0.5) is 5.69 Å². The second-order valence-electron chi connectivity index (χ2n) is 7.01. The van der Waals surface area contributed by atoms with Crippen LogP contribution in [0.5, 0.6) is 5.75 Å². The summed E-state index contributed by atoms with van der Waals surface area (Å²) in [5.41, 5.74) is 5.23. The van der Waals surface area contributed by atoms with Gasteiger partial charge < -0.3 is 15.4 Å². The fourth-order valence-electron chi connectivity index (χ4n) is 3.61. The highest BCUT2D eigenvalue weighted by molar-refractivity contribution is 7.80. The van der Waals surface area contributed by atoms with E-state index >= 15 is 0 Å². The molecule has 4 aromatic rings. The van der Waals surface area contributed by atoms with Crippen LogP contribution in [0.25, 0.3) is 10.9 Å². The van der Waals surface area contributed by atoms with Gasteiger partial charge in [-0.1, -0.05) is 54.6 Å². The lowest BCUT2D eigenvalue weighted by Crippen LogP contribution is -2.33. The zero-order chi connectivity index (χ0) is 20.9. The molecule has 0 radical (unpaired) electrons. The number of anilines is 1. The average molecular weight is 414 g/mol. The molecule has 0 bridgehead atoms. The number of rotatable bonds is 5. The SMILES string of the molecule is COc1ccc(NC(=S)N[C@H](c2ccccc2)c2ccccc2C)c2cccnc12. The summed E-state index contributed by atoms with van der Waals surface area (Å²) in [5, 5.41) is 8.35. The summed E-state index contributed by atoms with van der Waals surface area (Å²) in [5.74, 6) is 0.733. The number of nitrogens with one attached hydrogen (secondary N) is 2. The molecule has 0 fully saturated rings. The standard InChI is InChI=1S/C25H23N3OS/c1-17-9-6-7-12-19(17)23(18-10-4-3-5-11-18)28-25(30)27-21-14-15-22(29-2)24-20(21)13-8-16-26-24/h3-16,23H,1-2H3,(H2,27,28,30)/t23-/m1/s1. The van der Waals surface area contributed by atoms with E-state index in [4.69, 9.17) is 17.0 Å². The molecule has 0 amide bonds. The van der Waals surface area contributed by atoms with E-state index in [1.165, 1.54) is 11.1 Å². The quantitative estimate of drug-likeness (QED) is 0.415. The minimum absolute atomic E-state index is 0.0602. The van der Waals surface area contributed by atoms with Crippen molar-refractivity contribution < 1.29 is 4.74 Å².